The quantitative estimate of drug-likeness (QED) is 0.704. The standard InChI is InChI=1S/C10H15N3O/c1-7-3-4-11-10-9(7)12-5-8(14-2)6-13-10/h3-4,8,12H,5-6H2,1-2H3,(H,11,13). The first-order valence-electron chi connectivity index (χ1n) is 4.77. The summed E-state index contributed by atoms with van der Waals surface area (Å²) in [5.74, 6) is 0.921. The van der Waals surface area contributed by atoms with Crippen molar-refractivity contribution in [3.8, 4) is 0 Å². The van der Waals surface area contributed by atoms with Gasteiger partial charge < -0.3 is 15.4 Å². The third-order valence-electron chi connectivity index (χ3n) is 2.50. The van der Waals surface area contributed by atoms with Crippen LogP contribution in [0.1, 0.15) is 5.56 Å². The number of ether oxygens (including phenoxy) is 1. The molecule has 2 heterocycles. The van der Waals surface area contributed by atoms with E-state index < -0.39 is 0 Å². The van der Waals surface area contributed by atoms with Crippen molar-refractivity contribution in [2.24, 2.45) is 0 Å². The molecule has 4 nitrogen and oxygen atoms in total. The molecule has 2 N–H and O–H groups in total. The van der Waals surface area contributed by atoms with Gasteiger partial charge in [-0.2, -0.15) is 0 Å². The van der Waals surface area contributed by atoms with Gasteiger partial charge in [0.2, 0.25) is 0 Å². The van der Waals surface area contributed by atoms with Crippen molar-refractivity contribution in [1.82, 2.24) is 4.98 Å². The van der Waals surface area contributed by atoms with Gasteiger partial charge in [-0.05, 0) is 18.6 Å². The summed E-state index contributed by atoms with van der Waals surface area (Å²) in [6.07, 6.45) is 2.01. The molecule has 0 bridgehead atoms. The Morgan fingerprint density at radius 2 is 2.21 bits per heavy atom. The van der Waals surface area contributed by atoms with Gasteiger partial charge >= 0.3 is 0 Å². The molecule has 0 aromatic carbocycles. The Morgan fingerprint density at radius 1 is 1.43 bits per heavy atom. The van der Waals surface area contributed by atoms with Crippen molar-refractivity contribution in [2.75, 3.05) is 30.8 Å². The number of nitrogens with zero attached hydrogens (tertiary/aromatic N) is 1. The molecule has 14 heavy (non-hydrogen) atoms. The van der Waals surface area contributed by atoms with Crippen molar-refractivity contribution in [3.63, 3.8) is 0 Å². The number of pyridine rings is 1. The lowest BCUT2D eigenvalue weighted by Crippen LogP contribution is -2.26. The number of anilines is 2. The highest BCUT2D eigenvalue weighted by atomic mass is 16.5. The molecule has 76 valence electrons. The number of rotatable bonds is 1. The predicted molar refractivity (Wildman–Crippen MR) is 56.8 cm³/mol. The topological polar surface area (TPSA) is 46.2 Å². The summed E-state index contributed by atoms with van der Waals surface area (Å²) in [4.78, 5) is 4.28. The molecule has 0 radical (unpaired) electrons. The number of methoxy groups -OCH3 is 1. The first kappa shape index (κ1) is 9.27. The van der Waals surface area contributed by atoms with Gasteiger partial charge in [-0.1, -0.05) is 0 Å². The molecule has 0 saturated heterocycles. The lowest BCUT2D eigenvalue weighted by molar-refractivity contribution is 0.124. The molecule has 0 amide bonds. The Bertz CT molecular complexity index is 327. The van der Waals surface area contributed by atoms with Gasteiger partial charge in [0.1, 0.15) is 5.82 Å². The Labute approximate surface area is 83.7 Å². The van der Waals surface area contributed by atoms with Gasteiger partial charge in [-0.3, -0.25) is 0 Å². The van der Waals surface area contributed by atoms with Crippen LogP contribution >= 0.6 is 0 Å². The monoisotopic (exact) mass is 193 g/mol. The number of aryl methyl sites for hydroxylation is 1. The molecule has 0 aliphatic carbocycles. The van der Waals surface area contributed by atoms with E-state index in [4.69, 9.17) is 4.74 Å². The molecule has 1 aliphatic heterocycles. The fourth-order valence-electron chi connectivity index (χ4n) is 1.58. The van der Waals surface area contributed by atoms with E-state index in [0.717, 1.165) is 24.6 Å². The molecule has 4 heteroatoms. The number of aromatic nitrogens is 1. The second-order valence-corrected chi connectivity index (χ2v) is 3.47. The summed E-state index contributed by atoms with van der Waals surface area (Å²) < 4.78 is 5.29. The average Bonchev–Trinajstić information content (AvgIpc) is 2.41. The maximum absolute atomic E-state index is 5.29. The minimum absolute atomic E-state index is 0.198. The van der Waals surface area contributed by atoms with Crippen molar-refractivity contribution >= 4 is 11.5 Å². The van der Waals surface area contributed by atoms with Crippen LogP contribution in [0.4, 0.5) is 11.5 Å². The van der Waals surface area contributed by atoms with Crippen LogP contribution in [0.3, 0.4) is 0 Å². The second kappa shape index (κ2) is 3.84. The van der Waals surface area contributed by atoms with E-state index in [9.17, 15) is 0 Å². The van der Waals surface area contributed by atoms with Crippen LogP contribution < -0.4 is 10.6 Å². The van der Waals surface area contributed by atoms with Gasteiger partial charge in [0, 0.05) is 26.4 Å². The molecule has 2 rings (SSSR count). The van der Waals surface area contributed by atoms with Crippen LogP contribution in [0.5, 0.6) is 0 Å². The zero-order chi connectivity index (χ0) is 9.97. The number of hydrogen-bond donors (Lipinski definition) is 2. The van der Waals surface area contributed by atoms with Crippen LogP contribution in [0.15, 0.2) is 12.3 Å². The summed E-state index contributed by atoms with van der Waals surface area (Å²) in [6, 6.07) is 2.00. The van der Waals surface area contributed by atoms with Crippen LogP contribution in [0.2, 0.25) is 0 Å². The van der Waals surface area contributed by atoms with Crippen molar-refractivity contribution in [2.45, 2.75) is 13.0 Å². The van der Waals surface area contributed by atoms with E-state index in [1.54, 1.807) is 7.11 Å². The van der Waals surface area contributed by atoms with Gasteiger partial charge in [0.25, 0.3) is 0 Å². The van der Waals surface area contributed by atoms with Crippen molar-refractivity contribution < 1.29 is 4.74 Å². The Balaban J connectivity index is 2.25. The molecule has 1 atom stereocenters. The molecule has 1 aromatic rings. The Hall–Kier alpha value is -1.29. The molecule has 1 aromatic heterocycles. The third-order valence-corrected chi connectivity index (χ3v) is 2.50. The maximum atomic E-state index is 5.29. The number of fused-ring (bicyclic) bond motifs is 1. The maximum Gasteiger partial charge on any atom is 0.149 e. The van der Waals surface area contributed by atoms with Gasteiger partial charge in [-0.15, -0.1) is 0 Å². The molecule has 1 aliphatic rings. The highest BCUT2D eigenvalue weighted by Crippen LogP contribution is 2.24. The molecule has 1 unspecified atom stereocenters. The lowest BCUT2D eigenvalue weighted by Gasteiger charge is -2.11. The van der Waals surface area contributed by atoms with E-state index in [1.165, 1.54) is 5.56 Å². The zero-order valence-corrected chi connectivity index (χ0v) is 8.50. The smallest absolute Gasteiger partial charge is 0.149 e. The highest BCUT2D eigenvalue weighted by Gasteiger charge is 2.15. The van der Waals surface area contributed by atoms with E-state index in [2.05, 4.69) is 22.5 Å². The van der Waals surface area contributed by atoms with Crippen molar-refractivity contribution in [1.29, 1.82) is 0 Å². The number of hydrogen-bond acceptors (Lipinski definition) is 4. The zero-order valence-electron chi connectivity index (χ0n) is 8.50. The molecule has 0 spiro atoms. The Morgan fingerprint density at radius 3 is 3.00 bits per heavy atom. The van der Waals surface area contributed by atoms with Crippen LogP contribution in [-0.2, 0) is 4.74 Å². The first-order valence-corrected chi connectivity index (χ1v) is 4.77. The third kappa shape index (κ3) is 1.65. The summed E-state index contributed by atoms with van der Waals surface area (Å²) in [6.45, 7) is 3.69. The average molecular weight is 193 g/mol. The van der Waals surface area contributed by atoms with Crippen LogP contribution in [0, 0.1) is 6.92 Å². The summed E-state index contributed by atoms with van der Waals surface area (Å²) in [5.41, 5.74) is 2.30. The minimum Gasteiger partial charge on any atom is -0.379 e. The minimum atomic E-state index is 0.198. The molecule has 0 fully saturated rings. The van der Waals surface area contributed by atoms with Crippen LogP contribution in [-0.4, -0.2) is 31.3 Å². The molecular formula is C10H15N3O. The summed E-state index contributed by atoms with van der Waals surface area (Å²) in [5, 5.41) is 6.61. The van der Waals surface area contributed by atoms with E-state index in [-0.39, 0.29) is 6.10 Å². The second-order valence-electron chi connectivity index (χ2n) is 3.47. The lowest BCUT2D eigenvalue weighted by atomic mass is 10.2. The predicted octanol–water partition coefficient (Wildman–Crippen LogP) is 1.24. The SMILES string of the molecule is COC1CNc2nccc(C)c2NC1. The van der Waals surface area contributed by atoms with E-state index in [1.807, 2.05) is 12.3 Å². The van der Waals surface area contributed by atoms with E-state index in [0.29, 0.717) is 0 Å². The fraction of sp³-hybridized carbons (Fsp3) is 0.500. The summed E-state index contributed by atoms with van der Waals surface area (Å²) in [7, 11) is 1.73. The molecular weight excluding hydrogens is 178 g/mol. The van der Waals surface area contributed by atoms with Crippen LogP contribution in [0.25, 0.3) is 0 Å². The fourth-order valence-corrected chi connectivity index (χ4v) is 1.58. The van der Waals surface area contributed by atoms with Gasteiger partial charge in [0.15, 0.2) is 0 Å². The first-order chi connectivity index (χ1) is 6.81. The number of nitrogens with one attached hydrogen (secondary N) is 2. The largest absolute Gasteiger partial charge is 0.379 e. The Kier molecular flexibility index (Phi) is 2.54. The van der Waals surface area contributed by atoms with E-state index >= 15 is 0 Å². The summed E-state index contributed by atoms with van der Waals surface area (Å²) >= 11 is 0. The molecule has 0 saturated carbocycles. The normalized spacial score (nSPS) is 20.3. The van der Waals surface area contributed by atoms with Gasteiger partial charge in [0.05, 0.1) is 11.8 Å². The van der Waals surface area contributed by atoms with Gasteiger partial charge in [-0.25, -0.2) is 4.98 Å². The highest BCUT2D eigenvalue weighted by molar-refractivity contribution is 5.69. The van der Waals surface area contributed by atoms with Crippen molar-refractivity contribution in [3.05, 3.63) is 17.8 Å².